The van der Waals surface area contributed by atoms with Crippen molar-refractivity contribution < 1.29 is 9.72 Å². The average Bonchev–Trinajstić information content (AvgIpc) is 3.31. The molecule has 1 saturated heterocycles. The number of hydrogen-bond donors (Lipinski definition) is 0. The van der Waals surface area contributed by atoms with Gasteiger partial charge < -0.3 is 4.57 Å². The maximum absolute atomic E-state index is 13.2. The quantitative estimate of drug-likeness (QED) is 0.191. The second-order valence-corrected chi connectivity index (χ2v) is 10.2. The number of nitro benzene ring substituents is 1. The van der Waals surface area contributed by atoms with E-state index in [-0.39, 0.29) is 17.6 Å². The minimum Gasteiger partial charge on any atom is -0.342 e. The lowest BCUT2D eigenvalue weighted by Crippen LogP contribution is -2.39. The molecule has 1 amide bonds. The predicted octanol–water partition coefficient (Wildman–Crippen LogP) is 6.13. The Kier molecular flexibility index (Phi) is 6.03. The van der Waals surface area contributed by atoms with Gasteiger partial charge in [-0.2, -0.15) is 0 Å². The van der Waals surface area contributed by atoms with Gasteiger partial charge in [-0.15, -0.1) is 0 Å². The Bertz CT molecular complexity index is 1270. The van der Waals surface area contributed by atoms with Crippen molar-refractivity contribution in [3.05, 3.63) is 80.9 Å². The van der Waals surface area contributed by atoms with E-state index in [4.69, 9.17) is 12.2 Å². The molecule has 0 bridgehead atoms. The smallest absolute Gasteiger partial charge is 0.269 e. The van der Waals surface area contributed by atoms with Crippen LogP contribution in [0.5, 0.6) is 0 Å². The SMILES string of the molecule is O=C1C(=Cc2cn(Cc3ccc([N+](=O)[O-])cc3)c3ccccc23)SC(=S)N1C1CCCCC1. The molecule has 0 unspecified atom stereocenters. The van der Waals surface area contributed by atoms with E-state index in [1.807, 2.05) is 35.4 Å². The first-order valence-corrected chi connectivity index (χ1v) is 12.3. The van der Waals surface area contributed by atoms with Crippen LogP contribution in [0.3, 0.4) is 0 Å². The van der Waals surface area contributed by atoms with Crippen molar-refractivity contribution in [2.24, 2.45) is 0 Å². The van der Waals surface area contributed by atoms with Gasteiger partial charge in [0, 0.05) is 47.4 Å². The number of rotatable bonds is 5. The second-order valence-electron chi connectivity index (χ2n) is 8.50. The molecule has 0 spiro atoms. The molecule has 2 aliphatic rings. The van der Waals surface area contributed by atoms with Crippen molar-refractivity contribution in [2.45, 2.75) is 44.7 Å². The summed E-state index contributed by atoms with van der Waals surface area (Å²) in [6, 6.07) is 14.9. The number of carbonyl (C=O) groups is 1. The van der Waals surface area contributed by atoms with E-state index in [1.165, 1.54) is 30.3 Å². The van der Waals surface area contributed by atoms with Gasteiger partial charge in [0.15, 0.2) is 0 Å². The van der Waals surface area contributed by atoms with Gasteiger partial charge in [0.05, 0.1) is 9.83 Å². The van der Waals surface area contributed by atoms with Crippen molar-refractivity contribution in [3.8, 4) is 0 Å². The molecule has 1 aliphatic heterocycles. The fraction of sp³-hybridized carbons (Fsp3) is 0.280. The second kappa shape index (κ2) is 9.11. The van der Waals surface area contributed by atoms with E-state index in [2.05, 4.69) is 10.6 Å². The summed E-state index contributed by atoms with van der Waals surface area (Å²) in [5.74, 6) is 0.0177. The number of thiocarbonyl (C=S) groups is 1. The van der Waals surface area contributed by atoms with E-state index in [0.717, 1.165) is 47.7 Å². The third-order valence-electron chi connectivity index (χ3n) is 6.37. The van der Waals surface area contributed by atoms with Crippen LogP contribution in [-0.2, 0) is 11.3 Å². The number of nitro groups is 1. The fourth-order valence-electron chi connectivity index (χ4n) is 4.72. The molecule has 5 rings (SSSR count). The molecule has 8 heteroatoms. The summed E-state index contributed by atoms with van der Waals surface area (Å²) in [5.41, 5.74) is 3.06. The Morgan fingerprint density at radius 1 is 1.09 bits per heavy atom. The maximum Gasteiger partial charge on any atom is 0.269 e. The molecule has 6 nitrogen and oxygen atoms in total. The molecule has 0 atom stereocenters. The Morgan fingerprint density at radius 3 is 2.55 bits per heavy atom. The highest BCUT2D eigenvalue weighted by molar-refractivity contribution is 8.26. The van der Waals surface area contributed by atoms with Crippen LogP contribution in [0.2, 0.25) is 0 Å². The minimum atomic E-state index is -0.392. The highest BCUT2D eigenvalue weighted by atomic mass is 32.2. The van der Waals surface area contributed by atoms with Crippen molar-refractivity contribution in [1.82, 2.24) is 9.47 Å². The number of fused-ring (bicyclic) bond motifs is 1. The number of thioether (sulfide) groups is 1. The van der Waals surface area contributed by atoms with Crippen LogP contribution in [0.1, 0.15) is 43.2 Å². The molecular weight excluding hydrogens is 454 g/mol. The van der Waals surface area contributed by atoms with Crippen LogP contribution in [-0.4, -0.2) is 30.7 Å². The summed E-state index contributed by atoms with van der Waals surface area (Å²) < 4.78 is 2.78. The molecule has 2 aromatic carbocycles. The number of para-hydroxylation sites is 1. The highest BCUT2D eigenvalue weighted by Crippen LogP contribution is 2.38. The van der Waals surface area contributed by atoms with E-state index in [0.29, 0.717) is 15.8 Å². The van der Waals surface area contributed by atoms with Gasteiger partial charge in [-0.25, -0.2) is 0 Å². The lowest BCUT2D eigenvalue weighted by atomic mass is 9.94. The Morgan fingerprint density at radius 2 is 1.82 bits per heavy atom. The van der Waals surface area contributed by atoms with Gasteiger partial charge >= 0.3 is 0 Å². The number of non-ortho nitro benzene ring substituents is 1. The zero-order valence-electron chi connectivity index (χ0n) is 18.0. The van der Waals surface area contributed by atoms with E-state index in [9.17, 15) is 14.9 Å². The van der Waals surface area contributed by atoms with Gasteiger partial charge in [0.1, 0.15) is 4.32 Å². The lowest BCUT2D eigenvalue weighted by Gasteiger charge is -2.29. The van der Waals surface area contributed by atoms with Crippen LogP contribution in [0, 0.1) is 10.1 Å². The third-order valence-corrected chi connectivity index (χ3v) is 7.70. The zero-order valence-corrected chi connectivity index (χ0v) is 19.6. The normalized spacial score (nSPS) is 18.5. The number of benzene rings is 2. The Balaban J connectivity index is 1.45. The number of hydrogen-bond acceptors (Lipinski definition) is 5. The van der Waals surface area contributed by atoms with Crippen molar-refractivity contribution in [2.75, 3.05) is 0 Å². The molecule has 168 valence electrons. The van der Waals surface area contributed by atoms with E-state index >= 15 is 0 Å². The van der Waals surface area contributed by atoms with Crippen molar-refractivity contribution in [3.63, 3.8) is 0 Å². The molecule has 3 aromatic rings. The van der Waals surface area contributed by atoms with Gasteiger partial charge in [-0.3, -0.25) is 19.8 Å². The summed E-state index contributed by atoms with van der Waals surface area (Å²) >= 11 is 6.97. The highest BCUT2D eigenvalue weighted by Gasteiger charge is 2.37. The van der Waals surface area contributed by atoms with Crippen molar-refractivity contribution >= 4 is 56.9 Å². The summed E-state index contributed by atoms with van der Waals surface area (Å²) in [4.78, 5) is 26.3. The largest absolute Gasteiger partial charge is 0.342 e. The predicted molar refractivity (Wildman–Crippen MR) is 136 cm³/mol. The number of aromatic nitrogens is 1. The molecular formula is C25H23N3O3S2. The number of nitrogens with zero attached hydrogens (tertiary/aromatic N) is 3. The van der Waals surface area contributed by atoms with Crippen LogP contribution >= 0.6 is 24.0 Å². The molecule has 2 heterocycles. The van der Waals surface area contributed by atoms with Crippen LogP contribution in [0.4, 0.5) is 5.69 Å². The topological polar surface area (TPSA) is 68.4 Å². The zero-order chi connectivity index (χ0) is 22.9. The summed E-state index contributed by atoms with van der Waals surface area (Å²) in [5, 5.41) is 12.0. The first kappa shape index (κ1) is 21.9. The first-order valence-electron chi connectivity index (χ1n) is 11.1. The minimum absolute atomic E-state index is 0.0177. The average molecular weight is 478 g/mol. The van der Waals surface area contributed by atoms with E-state index < -0.39 is 4.92 Å². The molecule has 2 fully saturated rings. The lowest BCUT2D eigenvalue weighted by molar-refractivity contribution is -0.384. The Labute approximate surface area is 201 Å². The molecule has 33 heavy (non-hydrogen) atoms. The number of amides is 1. The van der Waals surface area contributed by atoms with Crippen LogP contribution in [0.15, 0.2) is 59.6 Å². The standard InChI is InChI=1S/C25H23N3O3S2/c29-24-23(33-25(32)27(24)19-6-2-1-3-7-19)14-18-16-26(22-9-5-4-8-21(18)22)15-17-10-12-20(13-11-17)28(30)31/h4-5,8-14,16,19H,1-3,6-7,15H2. The maximum atomic E-state index is 13.2. The molecule has 1 aliphatic carbocycles. The summed E-state index contributed by atoms with van der Waals surface area (Å²) in [6.45, 7) is 0.579. The van der Waals surface area contributed by atoms with Gasteiger partial charge in [0.25, 0.3) is 11.6 Å². The molecule has 1 aromatic heterocycles. The third kappa shape index (κ3) is 4.32. The molecule has 1 saturated carbocycles. The van der Waals surface area contributed by atoms with Gasteiger partial charge in [-0.1, -0.05) is 73.6 Å². The number of carbonyl (C=O) groups excluding carboxylic acids is 1. The van der Waals surface area contributed by atoms with Gasteiger partial charge in [0.2, 0.25) is 0 Å². The fourth-order valence-corrected chi connectivity index (χ4v) is 6.11. The van der Waals surface area contributed by atoms with Gasteiger partial charge in [-0.05, 0) is 30.5 Å². The molecule has 0 radical (unpaired) electrons. The van der Waals surface area contributed by atoms with Crippen LogP contribution in [0.25, 0.3) is 17.0 Å². The summed E-state index contributed by atoms with van der Waals surface area (Å²) in [6.07, 6.45) is 9.57. The first-order chi connectivity index (χ1) is 16.0. The monoisotopic (exact) mass is 477 g/mol. The molecule has 0 N–H and O–H groups in total. The Hall–Kier alpha value is -2.97. The van der Waals surface area contributed by atoms with Crippen LogP contribution < -0.4 is 0 Å². The summed E-state index contributed by atoms with van der Waals surface area (Å²) in [7, 11) is 0. The van der Waals surface area contributed by atoms with Crippen molar-refractivity contribution in [1.29, 1.82) is 0 Å². The van der Waals surface area contributed by atoms with E-state index in [1.54, 1.807) is 12.1 Å².